The van der Waals surface area contributed by atoms with Crippen molar-refractivity contribution in [2.75, 3.05) is 13.1 Å². The first-order valence-electron chi connectivity index (χ1n) is 6.44. The molecule has 1 aromatic rings. The minimum Gasteiger partial charge on any atom is -0.505 e. The molecule has 0 amide bonds. The van der Waals surface area contributed by atoms with Gasteiger partial charge in [0.1, 0.15) is 0 Å². The van der Waals surface area contributed by atoms with Gasteiger partial charge >= 0.3 is 0 Å². The summed E-state index contributed by atoms with van der Waals surface area (Å²) in [7, 11) is 0. The predicted molar refractivity (Wildman–Crippen MR) is 66.6 cm³/mol. The lowest BCUT2D eigenvalue weighted by Crippen LogP contribution is -2.14. The second-order valence-corrected chi connectivity index (χ2v) is 4.87. The van der Waals surface area contributed by atoms with Gasteiger partial charge in [-0.2, -0.15) is 0 Å². The average Bonchev–Trinajstić information content (AvgIpc) is 2.59. The molecule has 0 bridgehead atoms. The molecule has 1 unspecified atom stereocenters. The number of hydrogen-bond acceptors (Lipinski definition) is 2. The molecular weight excluding hydrogens is 217 g/mol. The topological polar surface area (TPSA) is 32.3 Å². The van der Waals surface area contributed by atoms with Gasteiger partial charge in [0.25, 0.3) is 0 Å². The van der Waals surface area contributed by atoms with Crippen molar-refractivity contribution in [2.45, 2.75) is 32.1 Å². The van der Waals surface area contributed by atoms with Gasteiger partial charge in [0.05, 0.1) is 0 Å². The van der Waals surface area contributed by atoms with Crippen LogP contribution >= 0.6 is 0 Å². The summed E-state index contributed by atoms with van der Waals surface area (Å²) < 4.78 is 13.1. The number of aryl methyl sites for hydroxylation is 1. The fourth-order valence-electron chi connectivity index (χ4n) is 2.46. The number of aromatic hydroxyl groups is 1. The highest BCUT2D eigenvalue weighted by atomic mass is 19.1. The quantitative estimate of drug-likeness (QED) is 0.847. The lowest BCUT2D eigenvalue weighted by Gasteiger charge is -2.13. The highest BCUT2D eigenvalue weighted by Crippen LogP contribution is 2.22. The SMILES string of the molecule is Oc1ccc(CCC2CCCNCC2)cc1F. The first-order chi connectivity index (χ1) is 8.25. The van der Waals surface area contributed by atoms with E-state index >= 15 is 0 Å². The molecule has 1 aliphatic rings. The molecule has 17 heavy (non-hydrogen) atoms. The van der Waals surface area contributed by atoms with E-state index in [0.717, 1.165) is 37.4 Å². The first kappa shape index (κ1) is 12.4. The Morgan fingerprint density at radius 1 is 1.29 bits per heavy atom. The Kier molecular flexibility index (Phi) is 4.37. The van der Waals surface area contributed by atoms with Crippen LogP contribution in [0.2, 0.25) is 0 Å². The van der Waals surface area contributed by atoms with Crippen molar-refractivity contribution in [3.05, 3.63) is 29.6 Å². The van der Waals surface area contributed by atoms with Gasteiger partial charge in [0.2, 0.25) is 0 Å². The third kappa shape index (κ3) is 3.70. The van der Waals surface area contributed by atoms with Crippen LogP contribution in [-0.4, -0.2) is 18.2 Å². The molecule has 1 atom stereocenters. The zero-order valence-corrected chi connectivity index (χ0v) is 10.1. The van der Waals surface area contributed by atoms with Crippen LogP contribution in [-0.2, 0) is 6.42 Å². The van der Waals surface area contributed by atoms with Gasteiger partial charge in [-0.25, -0.2) is 4.39 Å². The van der Waals surface area contributed by atoms with E-state index in [-0.39, 0.29) is 5.75 Å². The number of nitrogens with one attached hydrogen (secondary N) is 1. The second-order valence-electron chi connectivity index (χ2n) is 4.87. The summed E-state index contributed by atoms with van der Waals surface area (Å²) in [5, 5.41) is 12.5. The molecule has 1 aliphatic heterocycles. The lowest BCUT2D eigenvalue weighted by atomic mass is 9.93. The van der Waals surface area contributed by atoms with Crippen molar-refractivity contribution in [3.63, 3.8) is 0 Å². The molecule has 1 aromatic carbocycles. The third-order valence-corrected chi connectivity index (χ3v) is 3.55. The van der Waals surface area contributed by atoms with Gasteiger partial charge < -0.3 is 10.4 Å². The molecule has 0 aliphatic carbocycles. The lowest BCUT2D eigenvalue weighted by molar-refractivity contribution is 0.427. The number of hydrogen-bond donors (Lipinski definition) is 2. The maximum absolute atomic E-state index is 13.1. The molecular formula is C14H20FNO. The molecule has 1 heterocycles. The van der Waals surface area contributed by atoms with Crippen LogP contribution in [0.25, 0.3) is 0 Å². The first-order valence-corrected chi connectivity index (χ1v) is 6.44. The van der Waals surface area contributed by atoms with Crippen LogP contribution < -0.4 is 5.32 Å². The molecule has 94 valence electrons. The summed E-state index contributed by atoms with van der Waals surface area (Å²) in [5.41, 5.74) is 0.984. The van der Waals surface area contributed by atoms with Crippen molar-refractivity contribution in [1.82, 2.24) is 5.32 Å². The summed E-state index contributed by atoms with van der Waals surface area (Å²) in [6.07, 6.45) is 5.76. The van der Waals surface area contributed by atoms with E-state index in [1.807, 2.05) is 6.07 Å². The molecule has 0 radical (unpaired) electrons. The number of rotatable bonds is 3. The zero-order chi connectivity index (χ0) is 12.1. The van der Waals surface area contributed by atoms with Gasteiger partial charge in [-0.1, -0.05) is 6.07 Å². The molecule has 2 N–H and O–H groups in total. The smallest absolute Gasteiger partial charge is 0.165 e. The standard InChI is InChI=1S/C14H20FNO/c15-13-10-12(5-6-14(13)17)4-3-11-2-1-8-16-9-7-11/h5-6,10-11,16-17H,1-4,7-9H2. The minimum absolute atomic E-state index is 0.257. The van der Waals surface area contributed by atoms with Crippen LogP contribution in [0.4, 0.5) is 4.39 Å². The van der Waals surface area contributed by atoms with E-state index in [9.17, 15) is 4.39 Å². The van der Waals surface area contributed by atoms with Crippen molar-refractivity contribution >= 4 is 0 Å². The molecule has 1 fully saturated rings. The largest absolute Gasteiger partial charge is 0.505 e. The maximum atomic E-state index is 13.1. The van der Waals surface area contributed by atoms with Crippen LogP contribution in [0.3, 0.4) is 0 Å². The summed E-state index contributed by atoms with van der Waals surface area (Å²) in [6, 6.07) is 4.71. The summed E-state index contributed by atoms with van der Waals surface area (Å²) >= 11 is 0. The summed E-state index contributed by atoms with van der Waals surface area (Å²) in [6.45, 7) is 2.24. The van der Waals surface area contributed by atoms with Gasteiger partial charge in [-0.3, -0.25) is 0 Å². The molecule has 2 rings (SSSR count). The monoisotopic (exact) mass is 237 g/mol. The van der Waals surface area contributed by atoms with Crippen LogP contribution in [0.1, 0.15) is 31.2 Å². The normalized spacial score (nSPS) is 21.1. The van der Waals surface area contributed by atoms with Gasteiger partial charge in [0.15, 0.2) is 11.6 Å². The molecule has 0 aromatic heterocycles. The molecule has 0 spiro atoms. The molecule has 3 heteroatoms. The fraction of sp³-hybridized carbons (Fsp3) is 0.571. The van der Waals surface area contributed by atoms with E-state index in [0.29, 0.717) is 0 Å². The van der Waals surface area contributed by atoms with E-state index in [1.54, 1.807) is 0 Å². The van der Waals surface area contributed by atoms with Gasteiger partial charge in [-0.15, -0.1) is 0 Å². The van der Waals surface area contributed by atoms with Crippen LogP contribution in [0.15, 0.2) is 18.2 Å². The minimum atomic E-state index is -0.509. The highest BCUT2D eigenvalue weighted by molar-refractivity contribution is 5.28. The van der Waals surface area contributed by atoms with E-state index in [2.05, 4.69) is 5.32 Å². The highest BCUT2D eigenvalue weighted by Gasteiger charge is 2.12. The third-order valence-electron chi connectivity index (χ3n) is 3.55. The molecule has 2 nitrogen and oxygen atoms in total. The Morgan fingerprint density at radius 2 is 2.18 bits per heavy atom. The van der Waals surface area contributed by atoms with Crippen LogP contribution in [0, 0.1) is 11.7 Å². The van der Waals surface area contributed by atoms with Gasteiger partial charge in [0, 0.05) is 0 Å². The average molecular weight is 237 g/mol. The Balaban J connectivity index is 1.85. The van der Waals surface area contributed by atoms with E-state index < -0.39 is 5.82 Å². The Bertz CT molecular complexity index is 359. The Morgan fingerprint density at radius 3 is 3.00 bits per heavy atom. The van der Waals surface area contributed by atoms with Crippen molar-refractivity contribution in [1.29, 1.82) is 0 Å². The fourth-order valence-corrected chi connectivity index (χ4v) is 2.46. The summed E-state index contributed by atoms with van der Waals surface area (Å²) in [4.78, 5) is 0. The van der Waals surface area contributed by atoms with Crippen molar-refractivity contribution in [2.24, 2.45) is 5.92 Å². The maximum Gasteiger partial charge on any atom is 0.165 e. The number of phenols is 1. The van der Waals surface area contributed by atoms with Crippen molar-refractivity contribution < 1.29 is 9.50 Å². The number of phenolic OH excluding ortho intramolecular Hbond substituents is 1. The predicted octanol–water partition coefficient (Wildman–Crippen LogP) is 2.85. The Labute approximate surface area is 102 Å². The molecule has 1 saturated heterocycles. The van der Waals surface area contributed by atoms with Crippen molar-refractivity contribution in [3.8, 4) is 5.75 Å². The number of benzene rings is 1. The van der Waals surface area contributed by atoms with Crippen LogP contribution in [0.5, 0.6) is 5.75 Å². The molecule has 0 saturated carbocycles. The van der Waals surface area contributed by atoms with E-state index in [1.165, 1.54) is 31.4 Å². The number of halogens is 1. The van der Waals surface area contributed by atoms with Gasteiger partial charge in [-0.05, 0) is 68.8 Å². The second kappa shape index (κ2) is 6.01. The summed E-state index contributed by atoms with van der Waals surface area (Å²) in [5.74, 6) is -0.0145. The van der Waals surface area contributed by atoms with E-state index in [4.69, 9.17) is 5.11 Å². The Hall–Kier alpha value is -1.09. The zero-order valence-electron chi connectivity index (χ0n) is 10.1.